The van der Waals surface area contributed by atoms with Gasteiger partial charge in [-0.3, -0.25) is 0 Å². The molecule has 0 N–H and O–H groups in total. The normalized spacial score (nSPS) is 24.9. The van der Waals surface area contributed by atoms with Crippen LogP contribution >= 0.6 is 0 Å². The second kappa shape index (κ2) is 1.48. The summed E-state index contributed by atoms with van der Waals surface area (Å²) in [6.07, 6.45) is 2.53. The third-order valence-corrected chi connectivity index (χ3v) is 1.45. The molecule has 0 bridgehead atoms. The Bertz CT molecular complexity index is 64.6. The molecule has 0 heterocycles. The van der Waals surface area contributed by atoms with Gasteiger partial charge in [-0.25, -0.2) is 0 Å². The van der Waals surface area contributed by atoms with Crippen molar-refractivity contribution in [2.45, 2.75) is 32.3 Å². The molecule has 0 unspecified atom stereocenters. The van der Waals surface area contributed by atoms with Gasteiger partial charge < -0.3 is 4.74 Å². The molecule has 1 nitrogen and oxygen atoms in total. The summed E-state index contributed by atoms with van der Waals surface area (Å²) in [4.78, 5) is 0. The summed E-state index contributed by atoms with van der Waals surface area (Å²) in [5, 5.41) is 0. The van der Waals surface area contributed by atoms with E-state index in [4.69, 9.17) is 4.74 Å². The van der Waals surface area contributed by atoms with Crippen LogP contribution in [0.5, 0.6) is 0 Å². The van der Waals surface area contributed by atoms with Gasteiger partial charge in [0.05, 0.1) is 5.60 Å². The fourth-order valence-electron chi connectivity index (χ4n) is 0.669. The van der Waals surface area contributed by atoms with Crippen molar-refractivity contribution < 1.29 is 4.74 Å². The van der Waals surface area contributed by atoms with Gasteiger partial charge in [0.2, 0.25) is 0 Å². The van der Waals surface area contributed by atoms with E-state index >= 15 is 0 Å². The minimum Gasteiger partial charge on any atom is -0.376 e. The molecule has 1 fully saturated rings. The predicted molar refractivity (Wildman–Crippen MR) is 29.3 cm³/mol. The van der Waals surface area contributed by atoms with Crippen molar-refractivity contribution >= 4 is 0 Å². The molecule has 0 radical (unpaired) electrons. The van der Waals surface area contributed by atoms with Crippen molar-refractivity contribution in [2.24, 2.45) is 0 Å². The first-order valence-corrected chi connectivity index (χ1v) is 2.91. The van der Waals surface area contributed by atoms with Gasteiger partial charge in [-0.1, -0.05) is 0 Å². The average Bonchev–Trinajstić information content (AvgIpc) is 2.22. The van der Waals surface area contributed by atoms with Crippen LogP contribution in [-0.4, -0.2) is 12.2 Å². The maximum Gasteiger partial charge on any atom is 0.0656 e. The molecular weight excluding hydrogens is 88.1 g/mol. The lowest BCUT2D eigenvalue weighted by Gasteiger charge is -2.05. The molecule has 1 aliphatic carbocycles. The van der Waals surface area contributed by atoms with Crippen molar-refractivity contribution in [1.29, 1.82) is 0 Å². The summed E-state index contributed by atoms with van der Waals surface area (Å²) in [7, 11) is 0. The molecule has 0 aromatic rings. The number of hydrogen-bond donors (Lipinski definition) is 0. The lowest BCUT2D eigenvalue weighted by atomic mass is 10.4. The monoisotopic (exact) mass is 100 g/mol. The van der Waals surface area contributed by atoms with E-state index in [0.717, 1.165) is 6.61 Å². The van der Waals surface area contributed by atoms with E-state index in [1.807, 2.05) is 6.92 Å². The minimum atomic E-state index is 0.300. The van der Waals surface area contributed by atoms with Gasteiger partial charge >= 0.3 is 0 Å². The Morgan fingerprint density at radius 2 is 2.14 bits per heavy atom. The number of hydrogen-bond acceptors (Lipinski definition) is 1. The molecule has 1 heteroatoms. The first-order valence-electron chi connectivity index (χ1n) is 2.91. The maximum absolute atomic E-state index is 5.34. The van der Waals surface area contributed by atoms with Gasteiger partial charge in [0.15, 0.2) is 0 Å². The molecule has 1 aliphatic rings. The van der Waals surface area contributed by atoms with E-state index in [9.17, 15) is 0 Å². The van der Waals surface area contributed by atoms with E-state index in [2.05, 4.69) is 6.92 Å². The molecular formula is C6H12O. The van der Waals surface area contributed by atoms with Crippen LogP contribution < -0.4 is 0 Å². The second-order valence-electron chi connectivity index (χ2n) is 2.38. The molecule has 7 heavy (non-hydrogen) atoms. The Morgan fingerprint density at radius 1 is 1.57 bits per heavy atom. The van der Waals surface area contributed by atoms with Crippen molar-refractivity contribution in [3.63, 3.8) is 0 Å². The summed E-state index contributed by atoms with van der Waals surface area (Å²) in [6, 6.07) is 0. The van der Waals surface area contributed by atoms with Crippen LogP contribution in [0.3, 0.4) is 0 Å². The van der Waals surface area contributed by atoms with E-state index < -0.39 is 0 Å². The highest BCUT2D eigenvalue weighted by Crippen LogP contribution is 2.38. The highest BCUT2D eigenvalue weighted by atomic mass is 16.5. The standard InChI is InChI=1S/C6H12O/c1-3-7-6(2)4-5-6/h3-5H2,1-2H3. The van der Waals surface area contributed by atoms with Crippen LogP contribution in [0.25, 0.3) is 0 Å². The third-order valence-electron chi connectivity index (χ3n) is 1.45. The number of rotatable bonds is 2. The van der Waals surface area contributed by atoms with E-state index in [1.54, 1.807) is 0 Å². The van der Waals surface area contributed by atoms with Crippen LogP contribution in [0, 0.1) is 0 Å². The lowest BCUT2D eigenvalue weighted by molar-refractivity contribution is 0.0564. The highest BCUT2D eigenvalue weighted by Gasteiger charge is 2.37. The first kappa shape index (κ1) is 5.10. The van der Waals surface area contributed by atoms with Crippen LogP contribution in [0.2, 0.25) is 0 Å². The van der Waals surface area contributed by atoms with Gasteiger partial charge in [-0.2, -0.15) is 0 Å². The molecule has 0 amide bonds. The summed E-state index contributed by atoms with van der Waals surface area (Å²) in [5.41, 5.74) is 0.300. The molecule has 0 aliphatic heterocycles. The van der Waals surface area contributed by atoms with Crippen molar-refractivity contribution in [3.05, 3.63) is 0 Å². The Hall–Kier alpha value is -0.0400. The molecule has 0 aromatic carbocycles. The fraction of sp³-hybridized carbons (Fsp3) is 1.00. The minimum absolute atomic E-state index is 0.300. The van der Waals surface area contributed by atoms with Gasteiger partial charge in [0.25, 0.3) is 0 Å². The van der Waals surface area contributed by atoms with Crippen LogP contribution in [0.4, 0.5) is 0 Å². The van der Waals surface area contributed by atoms with E-state index in [0.29, 0.717) is 5.60 Å². The average molecular weight is 100 g/mol. The molecule has 0 spiro atoms. The van der Waals surface area contributed by atoms with Gasteiger partial charge in [-0.15, -0.1) is 0 Å². The summed E-state index contributed by atoms with van der Waals surface area (Å²) in [5.74, 6) is 0. The molecule has 1 rings (SSSR count). The Morgan fingerprint density at radius 3 is 2.29 bits per heavy atom. The SMILES string of the molecule is CCOC1(C)CC1. The zero-order chi connectivity index (χ0) is 5.33. The van der Waals surface area contributed by atoms with Crippen LogP contribution in [0.15, 0.2) is 0 Å². The Labute approximate surface area is 44.7 Å². The topological polar surface area (TPSA) is 9.23 Å². The lowest BCUT2D eigenvalue weighted by Crippen LogP contribution is -2.06. The summed E-state index contributed by atoms with van der Waals surface area (Å²) >= 11 is 0. The first-order chi connectivity index (χ1) is 3.27. The quantitative estimate of drug-likeness (QED) is 0.512. The van der Waals surface area contributed by atoms with Crippen molar-refractivity contribution in [1.82, 2.24) is 0 Å². The van der Waals surface area contributed by atoms with Crippen molar-refractivity contribution in [3.8, 4) is 0 Å². The highest BCUT2D eigenvalue weighted by molar-refractivity contribution is 4.90. The van der Waals surface area contributed by atoms with Gasteiger partial charge in [0.1, 0.15) is 0 Å². The van der Waals surface area contributed by atoms with Gasteiger partial charge in [-0.05, 0) is 26.7 Å². The summed E-state index contributed by atoms with van der Waals surface area (Å²) in [6.45, 7) is 5.08. The molecule has 0 saturated heterocycles. The van der Waals surface area contributed by atoms with E-state index in [-0.39, 0.29) is 0 Å². The molecule has 42 valence electrons. The molecule has 0 atom stereocenters. The maximum atomic E-state index is 5.34. The molecule has 1 saturated carbocycles. The van der Waals surface area contributed by atoms with Crippen LogP contribution in [-0.2, 0) is 4.74 Å². The van der Waals surface area contributed by atoms with E-state index in [1.165, 1.54) is 12.8 Å². The Kier molecular flexibility index (Phi) is 1.08. The zero-order valence-corrected chi connectivity index (χ0v) is 5.03. The number of ether oxygens (including phenoxy) is 1. The van der Waals surface area contributed by atoms with Crippen molar-refractivity contribution in [2.75, 3.05) is 6.61 Å². The fourth-order valence-corrected chi connectivity index (χ4v) is 0.669. The third kappa shape index (κ3) is 1.16. The van der Waals surface area contributed by atoms with Crippen LogP contribution in [0.1, 0.15) is 26.7 Å². The Balaban J connectivity index is 2.13. The smallest absolute Gasteiger partial charge is 0.0656 e. The molecule has 0 aromatic heterocycles. The predicted octanol–water partition coefficient (Wildman–Crippen LogP) is 1.58. The second-order valence-corrected chi connectivity index (χ2v) is 2.38. The summed E-state index contributed by atoms with van der Waals surface area (Å²) < 4.78 is 5.34. The van der Waals surface area contributed by atoms with Gasteiger partial charge in [0, 0.05) is 6.61 Å². The largest absolute Gasteiger partial charge is 0.376 e. The zero-order valence-electron chi connectivity index (χ0n) is 5.03.